The summed E-state index contributed by atoms with van der Waals surface area (Å²) in [7, 11) is 4.25. The molecule has 17 heavy (non-hydrogen) atoms. The molecule has 0 radical (unpaired) electrons. The van der Waals surface area contributed by atoms with E-state index in [0.29, 0.717) is 0 Å². The largest absolute Gasteiger partial charge is 0.494 e. The molecule has 0 spiro atoms. The van der Waals surface area contributed by atoms with Gasteiger partial charge in [0.05, 0.1) is 6.61 Å². The molecule has 0 amide bonds. The molecule has 0 aliphatic rings. The predicted octanol–water partition coefficient (Wildman–Crippen LogP) is 3.50. The van der Waals surface area contributed by atoms with Gasteiger partial charge in [0.2, 0.25) is 0 Å². The van der Waals surface area contributed by atoms with Gasteiger partial charge in [-0.2, -0.15) is 0 Å². The molecule has 0 heterocycles. The summed E-state index contributed by atoms with van der Waals surface area (Å²) in [6.07, 6.45) is 5.01. The molecule has 0 saturated carbocycles. The van der Waals surface area contributed by atoms with E-state index in [1.165, 1.54) is 31.4 Å². The Hall–Kier alpha value is -1.02. The highest BCUT2D eigenvalue weighted by Gasteiger charge is 1.94. The quantitative estimate of drug-likeness (QED) is 0.639. The molecule has 0 aromatic heterocycles. The Balaban J connectivity index is 1.99. The van der Waals surface area contributed by atoms with Crippen LogP contribution in [0.1, 0.15) is 31.2 Å². The van der Waals surface area contributed by atoms with E-state index in [9.17, 15) is 0 Å². The number of ether oxygens (including phenoxy) is 1. The number of benzene rings is 1. The minimum atomic E-state index is 0.838. The minimum absolute atomic E-state index is 0.838. The van der Waals surface area contributed by atoms with Crippen LogP contribution in [0, 0.1) is 6.92 Å². The van der Waals surface area contributed by atoms with Gasteiger partial charge in [0.1, 0.15) is 5.75 Å². The molecule has 0 fully saturated rings. The first-order chi connectivity index (χ1) is 8.18. The Morgan fingerprint density at radius 2 is 1.59 bits per heavy atom. The lowest BCUT2D eigenvalue weighted by molar-refractivity contribution is 0.302. The van der Waals surface area contributed by atoms with Gasteiger partial charge < -0.3 is 9.64 Å². The third-order valence-electron chi connectivity index (χ3n) is 2.79. The Kier molecular flexibility index (Phi) is 6.71. The Labute approximate surface area is 106 Å². The molecule has 96 valence electrons. The standard InChI is InChI=1S/C15H25NO/c1-14-8-10-15(11-9-14)17-13-7-5-4-6-12-16(2)3/h8-11H,4-7,12-13H2,1-3H3. The Bertz CT molecular complexity index is 292. The van der Waals surface area contributed by atoms with E-state index < -0.39 is 0 Å². The van der Waals surface area contributed by atoms with E-state index in [-0.39, 0.29) is 0 Å². The van der Waals surface area contributed by atoms with Crippen molar-refractivity contribution in [2.45, 2.75) is 32.6 Å². The van der Waals surface area contributed by atoms with Crippen molar-refractivity contribution < 1.29 is 4.74 Å². The molecular weight excluding hydrogens is 210 g/mol. The summed E-state index contributed by atoms with van der Waals surface area (Å²) in [6, 6.07) is 8.27. The SMILES string of the molecule is Cc1ccc(OCCCCCCN(C)C)cc1. The molecule has 0 aliphatic heterocycles. The third kappa shape index (κ3) is 7.01. The first-order valence-electron chi connectivity index (χ1n) is 6.52. The van der Waals surface area contributed by atoms with E-state index in [1.807, 2.05) is 12.1 Å². The summed E-state index contributed by atoms with van der Waals surface area (Å²) in [5.74, 6) is 0.990. The average molecular weight is 235 g/mol. The van der Waals surface area contributed by atoms with Gasteiger partial charge in [0.15, 0.2) is 0 Å². The van der Waals surface area contributed by atoms with Crippen LogP contribution in [0.4, 0.5) is 0 Å². The zero-order valence-corrected chi connectivity index (χ0v) is 11.4. The van der Waals surface area contributed by atoms with E-state index in [0.717, 1.165) is 18.8 Å². The predicted molar refractivity (Wildman–Crippen MR) is 73.7 cm³/mol. The second kappa shape index (κ2) is 8.13. The van der Waals surface area contributed by atoms with Gasteiger partial charge in [-0.3, -0.25) is 0 Å². The van der Waals surface area contributed by atoms with Gasteiger partial charge in [-0.1, -0.05) is 30.5 Å². The van der Waals surface area contributed by atoms with Crippen LogP contribution in [0.3, 0.4) is 0 Å². The fourth-order valence-corrected chi connectivity index (χ4v) is 1.71. The zero-order valence-electron chi connectivity index (χ0n) is 11.4. The van der Waals surface area contributed by atoms with Crippen LogP contribution < -0.4 is 4.74 Å². The Morgan fingerprint density at radius 3 is 2.24 bits per heavy atom. The van der Waals surface area contributed by atoms with Crippen molar-refractivity contribution in [1.82, 2.24) is 4.90 Å². The van der Waals surface area contributed by atoms with Gasteiger partial charge in [-0.25, -0.2) is 0 Å². The summed E-state index contributed by atoms with van der Waals surface area (Å²) in [5, 5.41) is 0. The molecule has 1 rings (SSSR count). The maximum atomic E-state index is 5.68. The van der Waals surface area contributed by atoms with Crippen molar-refractivity contribution in [2.75, 3.05) is 27.2 Å². The van der Waals surface area contributed by atoms with E-state index in [4.69, 9.17) is 4.74 Å². The van der Waals surface area contributed by atoms with Gasteiger partial charge >= 0.3 is 0 Å². The van der Waals surface area contributed by atoms with E-state index in [1.54, 1.807) is 0 Å². The normalized spacial score (nSPS) is 10.8. The molecule has 2 heteroatoms. The molecule has 0 saturated heterocycles. The number of nitrogens with zero attached hydrogens (tertiary/aromatic N) is 1. The van der Waals surface area contributed by atoms with Crippen molar-refractivity contribution in [2.24, 2.45) is 0 Å². The fourth-order valence-electron chi connectivity index (χ4n) is 1.71. The maximum Gasteiger partial charge on any atom is 0.119 e. The molecule has 0 unspecified atom stereocenters. The highest BCUT2D eigenvalue weighted by molar-refractivity contribution is 5.26. The molecular formula is C15H25NO. The molecule has 0 N–H and O–H groups in total. The summed E-state index contributed by atoms with van der Waals surface area (Å²) in [5.41, 5.74) is 1.28. The lowest BCUT2D eigenvalue weighted by Gasteiger charge is -2.09. The second-order valence-corrected chi connectivity index (χ2v) is 4.88. The minimum Gasteiger partial charge on any atom is -0.494 e. The van der Waals surface area contributed by atoms with Crippen molar-refractivity contribution in [1.29, 1.82) is 0 Å². The van der Waals surface area contributed by atoms with Crippen molar-refractivity contribution in [3.63, 3.8) is 0 Å². The molecule has 1 aromatic carbocycles. The van der Waals surface area contributed by atoms with Crippen LogP contribution in [-0.4, -0.2) is 32.1 Å². The monoisotopic (exact) mass is 235 g/mol. The summed E-state index contributed by atoms with van der Waals surface area (Å²) >= 11 is 0. The lowest BCUT2D eigenvalue weighted by Crippen LogP contribution is -2.12. The molecule has 2 nitrogen and oxygen atoms in total. The summed E-state index contributed by atoms with van der Waals surface area (Å²) < 4.78 is 5.68. The van der Waals surface area contributed by atoms with Gasteiger partial charge in [0.25, 0.3) is 0 Å². The number of aryl methyl sites for hydroxylation is 1. The maximum absolute atomic E-state index is 5.68. The summed E-state index contributed by atoms with van der Waals surface area (Å²) in [6.45, 7) is 4.12. The zero-order chi connectivity index (χ0) is 12.5. The molecule has 0 aliphatic carbocycles. The second-order valence-electron chi connectivity index (χ2n) is 4.88. The molecule has 0 atom stereocenters. The van der Waals surface area contributed by atoms with Crippen LogP contribution in [0.5, 0.6) is 5.75 Å². The summed E-state index contributed by atoms with van der Waals surface area (Å²) in [4.78, 5) is 2.24. The topological polar surface area (TPSA) is 12.5 Å². The van der Waals surface area contributed by atoms with E-state index in [2.05, 4.69) is 38.1 Å². The third-order valence-corrected chi connectivity index (χ3v) is 2.79. The van der Waals surface area contributed by atoms with Gasteiger partial charge in [-0.15, -0.1) is 0 Å². The van der Waals surface area contributed by atoms with Crippen molar-refractivity contribution >= 4 is 0 Å². The first kappa shape index (κ1) is 14.0. The van der Waals surface area contributed by atoms with Crippen LogP contribution >= 0.6 is 0 Å². The Morgan fingerprint density at radius 1 is 0.941 bits per heavy atom. The highest BCUT2D eigenvalue weighted by atomic mass is 16.5. The van der Waals surface area contributed by atoms with Crippen LogP contribution in [0.25, 0.3) is 0 Å². The van der Waals surface area contributed by atoms with Crippen LogP contribution in [0.2, 0.25) is 0 Å². The molecule has 1 aromatic rings. The number of rotatable bonds is 8. The number of hydrogen-bond donors (Lipinski definition) is 0. The van der Waals surface area contributed by atoms with Crippen LogP contribution in [-0.2, 0) is 0 Å². The van der Waals surface area contributed by atoms with Gasteiger partial charge in [-0.05, 0) is 52.5 Å². The fraction of sp³-hybridized carbons (Fsp3) is 0.600. The van der Waals surface area contributed by atoms with E-state index >= 15 is 0 Å². The lowest BCUT2D eigenvalue weighted by atomic mass is 10.2. The van der Waals surface area contributed by atoms with Crippen LogP contribution in [0.15, 0.2) is 24.3 Å². The van der Waals surface area contributed by atoms with Crippen molar-refractivity contribution in [3.8, 4) is 5.75 Å². The first-order valence-corrected chi connectivity index (χ1v) is 6.52. The number of hydrogen-bond acceptors (Lipinski definition) is 2. The smallest absolute Gasteiger partial charge is 0.119 e. The highest BCUT2D eigenvalue weighted by Crippen LogP contribution is 2.12. The van der Waals surface area contributed by atoms with Gasteiger partial charge in [0, 0.05) is 0 Å². The van der Waals surface area contributed by atoms with Crippen molar-refractivity contribution in [3.05, 3.63) is 29.8 Å². The molecule has 0 bridgehead atoms. The number of unbranched alkanes of at least 4 members (excludes halogenated alkanes) is 3. The average Bonchev–Trinajstić information content (AvgIpc) is 2.30.